The fraction of sp³-hybridized carbons (Fsp3) is 0.381. The maximum atomic E-state index is 12.4. The van der Waals surface area contributed by atoms with E-state index in [-0.39, 0.29) is 11.6 Å². The van der Waals surface area contributed by atoms with Gasteiger partial charge in [-0.1, -0.05) is 19.3 Å². The second-order valence-electron chi connectivity index (χ2n) is 7.37. The monoisotopic (exact) mass is 379 g/mol. The molecule has 1 aliphatic rings. The molecule has 4 rings (SSSR count). The lowest BCUT2D eigenvalue weighted by Crippen LogP contribution is -2.15. The zero-order valence-electron chi connectivity index (χ0n) is 16.0. The summed E-state index contributed by atoms with van der Waals surface area (Å²) in [5.74, 6) is 0.927. The summed E-state index contributed by atoms with van der Waals surface area (Å²) in [6.45, 7) is 0.712. The first-order valence-electron chi connectivity index (χ1n) is 9.73. The number of aryl methyl sites for hydroxylation is 1. The van der Waals surface area contributed by atoms with Crippen molar-refractivity contribution in [2.24, 2.45) is 13.0 Å². The van der Waals surface area contributed by atoms with Gasteiger partial charge in [-0.25, -0.2) is 4.98 Å². The van der Waals surface area contributed by atoms with E-state index in [2.05, 4.69) is 15.4 Å². The molecule has 1 aliphatic carbocycles. The van der Waals surface area contributed by atoms with Crippen molar-refractivity contribution in [3.8, 4) is 5.88 Å². The minimum atomic E-state index is -0.339. The minimum absolute atomic E-state index is 0.212. The molecule has 146 valence electrons. The molecule has 7 heteroatoms. The second kappa shape index (κ2) is 7.88. The summed E-state index contributed by atoms with van der Waals surface area (Å²) >= 11 is 0. The SMILES string of the molecule is Cn1nc(OCC2CCCCC2)c2ccc(NC(=O)c3ncccc3N)cc21. The molecule has 2 heterocycles. The number of fused-ring (bicyclic) bond motifs is 1. The molecular formula is C21H25N5O2. The summed E-state index contributed by atoms with van der Waals surface area (Å²) in [6, 6.07) is 9.00. The van der Waals surface area contributed by atoms with Crippen LogP contribution in [0.1, 0.15) is 42.6 Å². The van der Waals surface area contributed by atoms with Gasteiger partial charge in [0.05, 0.1) is 23.2 Å². The summed E-state index contributed by atoms with van der Waals surface area (Å²) in [7, 11) is 1.87. The number of aromatic nitrogens is 3. The van der Waals surface area contributed by atoms with Crippen LogP contribution in [0.5, 0.6) is 5.88 Å². The van der Waals surface area contributed by atoms with E-state index in [0.717, 1.165) is 10.9 Å². The van der Waals surface area contributed by atoms with Gasteiger partial charge in [-0.15, -0.1) is 5.10 Å². The lowest BCUT2D eigenvalue weighted by molar-refractivity contribution is 0.102. The Kier molecular flexibility index (Phi) is 5.14. The standard InChI is InChI=1S/C21H25N5O2/c1-26-18-12-15(24-20(27)19-17(22)8-5-11-23-19)9-10-16(18)21(25-26)28-13-14-6-3-2-4-7-14/h5,8-12,14H,2-4,6-7,13,22H2,1H3,(H,24,27). The highest BCUT2D eigenvalue weighted by atomic mass is 16.5. The molecule has 3 aromatic rings. The zero-order valence-corrected chi connectivity index (χ0v) is 16.0. The quantitative estimate of drug-likeness (QED) is 0.704. The van der Waals surface area contributed by atoms with E-state index in [1.807, 2.05) is 25.2 Å². The average Bonchev–Trinajstić information content (AvgIpc) is 3.03. The average molecular weight is 379 g/mol. The highest BCUT2D eigenvalue weighted by Gasteiger charge is 2.17. The Morgan fingerprint density at radius 3 is 2.89 bits per heavy atom. The molecule has 0 unspecified atom stereocenters. The van der Waals surface area contributed by atoms with Crippen molar-refractivity contribution >= 4 is 28.2 Å². The van der Waals surface area contributed by atoms with Gasteiger partial charge >= 0.3 is 0 Å². The number of amides is 1. The van der Waals surface area contributed by atoms with Crippen LogP contribution in [-0.4, -0.2) is 27.3 Å². The number of carbonyl (C=O) groups is 1. The smallest absolute Gasteiger partial charge is 0.276 e. The van der Waals surface area contributed by atoms with E-state index in [1.165, 1.54) is 32.1 Å². The summed E-state index contributed by atoms with van der Waals surface area (Å²) in [5, 5.41) is 8.30. The van der Waals surface area contributed by atoms with E-state index >= 15 is 0 Å². The molecule has 1 fully saturated rings. The van der Waals surface area contributed by atoms with Crippen LogP contribution in [0.15, 0.2) is 36.5 Å². The molecule has 0 atom stereocenters. The molecule has 0 bridgehead atoms. The number of pyridine rings is 1. The Balaban J connectivity index is 1.50. The van der Waals surface area contributed by atoms with E-state index in [1.54, 1.807) is 23.0 Å². The number of rotatable bonds is 5. The molecule has 28 heavy (non-hydrogen) atoms. The second-order valence-corrected chi connectivity index (χ2v) is 7.37. The molecule has 1 saturated carbocycles. The first kappa shape index (κ1) is 18.3. The van der Waals surface area contributed by atoms with Crippen LogP contribution in [0.2, 0.25) is 0 Å². The molecule has 7 nitrogen and oxygen atoms in total. The van der Waals surface area contributed by atoms with Crippen molar-refractivity contribution in [2.45, 2.75) is 32.1 Å². The normalized spacial score (nSPS) is 14.9. The maximum absolute atomic E-state index is 12.4. The largest absolute Gasteiger partial charge is 0.476 e. The van der Waals surface area contributed by atoms with Crippen LogP contribution >= 0.6 is 0 Å². The number of anilines is 2. The predicted molar refractivity (Wildman–Crippen MR) is 109 cm³/mol. The molecular weight excluding hydrogens is 354 g/mol. The third-order valence-corrected chi connectivity index (χ3v) is 5.31. The number of nitrogens with two attached hydrogens (primary N) is 1. The van der Waals surface area contributed by atoms with Crippen LogP contribution < -0.4 is 15.8 Å². The van der Waals surface area contributed by atoms with Crippen molar-refractivity contribution in [2.75, 3.05) is 17.7 Å². The number of carbonyl (C=O) groups excluding carboxylic acids is 1. The van der Waals surface area contributed by atoms with Gasteiger partial charge in [0.15, 0.2) is 5.69 Å². The molecule has 0 spiro atoms. The van der Waals surface area contributed by atoms with E-state index in [0.29, 0.717) is 29.8 Å². The van der Waals surface area contributed by atoms with Crippen LogP contribution in [-0.2, 0) is 7.05 Å². The van der Waals surface area contributed by atoms with E-state index < -0.39 is 0 Å². The third-order valence-electron chi connectivity index (χ3n) is 5.31. The topological polar surface area (TPSA) is 95.1 Å². The Hall–Kier alpha value is -3.09. The Labute approximate surface area is 163 Å². The number of nitrogens with one attached hydrogen (secondary N) is 1. The number of ether oxygens (including phenoxy) is 1. The lowest BCUT2D eigenvalue weighted by Gasteiger charge is -2.20. The van der Waals surface area contributed by atoms with E-state index in [9.17, 15) is 4.79 Å². The van der Waals surface area contributed by atoms with Crippen molar-refractivity contribution in [1.82, 2.24) is 14.8 Å². The van der Waals surface area contributed by atoms with Crippen LogP contribution in [0.25, 0.3) is 10.9 Å². The fourth-order valence-electron chi connectivity index (χ4n) is 3.76. The van der Waals surface area contributed by atoms with Crippen molar-refractivity contribution in [3.63, 3.8) is 0 Å². The van der Waals surface area contributed by atoms with Gasteiger partial charge in [0.2, 0.25) is 5.88 Å². The molecule has 0 radical (unpaired) electrons. The Morgan fingerprint density at radius 2 is 2.11 bits per heavy atom. The number of hydrogen-bond donors (Lipinski definition) is 2. The van der Waals surface area contributed by atoms with Crippen molar-refractivity contribution in [1.29, 1.82) is 0 Å². The van der Waals surface area contributed by atoms with Gasteiger partial charge in [0.1, 0.15) is 0 Å². The predicted octanol–water partition coefficient (Wildman–Crippen LogP) is 3.76. The molecule has 1 amide bonds. The highest BCUT2D eigenvalue weighted by molar-refractivity contribution is 6.06. The van der Waals surface area contributed by atoms with Crippen molar-refractivity contribution in [3.05, 3.63) is 42.2 Å². The van der Waals surface area contributed by atoms with Crippen LogP contribution in [0.4, 0.5) is 11.4 Å². The molecule has 0 aliphatic heterocycles. The number of hydrogen-bond acceptors (Lipinski definition) is 5. The van der Waals surface area contributed by atoms with Gasteiger partial charge in [0.25, 0.3) is 5.91 Å². The van der Waals surface area contributed by atoms with Gasteiger partial charge in [0, 0.05) is 18.9 Å². The van der Waals surface area contributed by atoms with Gasteiger partial charge in [-0.2, -0.15) is 0 Å². The highest BCUT2D eigenvalue weighted by Crippen LogP contribution is 2.29. The van der Waals surface area contributed by atoms with Gasteiger partial charge in [-0.05, 0) is 49.1 Å². The van der Waals surface area contributed by atoms with Gasteiger partial charge < -0.3 is 15.8 Å². The molecule has 3 N–H and O–H groups in total. The Bertz CT molecular complexity index is 992. The van der Waals surface area contributed by atoms with Gasteiger partial charge in [-0.3, -0.25) is 9.48 Å². The number of nitrogen functional groups attached to an aromatic ring is 1. The summed E-state index contributed by atoms with van der Waals surface area (Å²) in [6.07, 6.45) is 7.93. The van der Waals surface area contributed by atoms with E-state index in [4.69, 9.17) is 10.5 Å². The maximum Gasteiger partial charge on any atom is 0.276 e. The first-order valence-corrected chi connectivity index (χ1v) is 9.73. The van der Waals surface area contributed by atoms with Crippen molar-refractivity contribution < 1.29 is 9.53 Å². The molecule has 2 aromatic heterocycles. The number of benzene rings is 1. The fourth-order valence-corrected chi connectivity index (χ4v) is 3.76. The van der Waals surface area contributed by atoms with Crippen LogP contribution in [0.3, 0.4) is 0 Å². The summed E-state index contributed by atoms with van der Waals surface area (Å²) in [5.41, 5.74) is 7.94. The first-order chi connectivity index (χ1) is 13.6. The number of nitrogens with zero attached hydrogens (tertiary/aromatic N) is 3. The minimum Gasteiger partial charge on any atom is -0.476 e. The molecule has 1 aromatic carbocycles. The summed E-state index contributed by atoms with van der Waals surface area (Å²) < 4.78 is 7.81. The van der Waals surface area contributed by atoms with Crippen LogP contribution in [0, 0.1) is 5.92 Å². The zero-order chi connectivity index (χ0) is 19.5. The lowest BCUT2D eigenvalue weighted by atomic mass is 9.90. The third kappa shape index (κ3) is 3.78. The molecule has 0 saturated heterocycles. The summed E-state index contributed by atoms with van der Waals surface area (Å²) in [4.78, 5) is 16.5. The Morgan fingerprint density at radius 1 is 1.29 bits per heavy atom.